The molecular formula is C22H22N4O4. The average Bonchev–Trinajstić information content (AvgIpc) is 2.76. The predicted molar refractivity (Wildman–Crippen MR) is 114 cm³/mol. The van der Waals surface area contributed by atoms with E-state index in [0.717, 1.165) is 0 Å². The molecule has 8 heteroatoms. The lowest BCUT2D eigenvalue weighted by atomic mass is 10.2. The lowest BCUT2D eigenvalue weighted by Gasteiger charge is -2.15. The van der Waals surface area contributed by atoms with Gasteiger partial charge in [0, 0.05) is 18.3 Å². The highest BCUT2D eigenvalue weighted by molar-refractivity contribution is 5.94. The number of anilines is 1. The van der Waals surface area contributed by atoms with Crippen LogP contribution in [0.4, 0.5) is 5.69 Å². The smallest absolute Gasteiger partial charge is 0.267 e. The number of methoxy groups -OCH3 is 1. The maximum absolute atomic E-state index is 13.0. The molecule has 0 radical (unpaired) electrons. The van der Waals surface area contributed by atoms with E-state index in [1.165, 1.54) is 17.9 Å². The molecule has 0 aliphatic carbocycles. The van der Waals surface area contributed by atoms with Crippen molar-refractivity contribution in [3.63, 3.8) is 0 Å². The Morgan fingerprint density at radius 2 is 1.77 bits per heavy atom. The van der Waals surface area contributed by atoms with Crippen LogP contribution in [0.15, 0.2) is 65.6 Å². The van der Waals surface area contributed by atoms with Gasteiger partial charge in [-0.2, -0.15) is 0 Å². The molecular weight excluding hydrogens is 384 g/mol. The highest BCUT2D eigenvalue weighted by Crippen LogP contribution is 2.23. The highest BCUT2D eigenvalue weighted by Gasteiger charge is 2.19. The Morgan fingerprint density at radius 3 is 2.47 bits per heavy atom. The molecule has 0 spiro atoms. The van der Waals surface area contributed by atoms with Crippen molar-refractivity contribution in [2.45, 2.75) is 13.5 Å². The van der Waals surface area contributed by atoms with Gasteiger partial charge >= 0.3 is 0 Å². The minimum atomic E-state index is -0.593. The third-order valence-corrected chi connectivity index (χ3v) is 4.34. The van der Waals surface area contributed by atoms with E-state index in [1.54, 1.807) is 55.5 Å². The number of hydrogen-bond donors (Lipinski definition) is 2. The van der Waals surface area contributed by atoms with E-state index in [4.69, 9.17) is 4.74 Å². The summed E-state index contributed by atoms with van der Waals surface area (Å²) in [6.45, 7) is 1.80. The molecule has 3 rings (SSSR count). The Morgan fingerprint density at radius 1 is 1.07 bits per heavy atom. The number of rotatable bonds is 7. The molecule has 0 unspecified atom stereocenters. The average molecular weight is 406 g/mol. The maximum Gasteiger partial charge on any atom is 0.267 e. The van der Waals surface area contributed by atoms with Gasteiger partial charge in [-0.1, -0.05) is 42.5 Å². The summed E-state index contributed by atoms with van der Waals surface area (Å²) in [5, 5.41) is 5.33. The van der Waals surface area contributed by atoms with Crippen molar-refractivity contribution in [2.24, 2.45) is 0 Å². The van der Waals surface area contributed by atoms with Crippen molar-refractivity contribution < 1.29 is 14.3 Å². The molecule has 0 aliphatic heterocycles. The Kier molecular flexibility index (Phi) is 6.59. The second kappa shape index (κ2) is 9.51. The molecule has 1 heterocycles. The first-order valence-electron chi connectivity index (χ1n) is 9.41. The number of benzene rings is 2. The maximum atomic E-state index is 13.0. The van der Waals surface area contributed by atoms with E-state index in [1.807, 2.05) is 6.07 Å². The lowest BCUT2D eigenvalue weighted by molar-refractivity contribution is -0.116. The van der Waals surface area contributed by atoms with E-state index >= 15 is 0 Å². The van der Waals surface area contributed by atoms with Gasteiger partial charge in [-0.05, 0) is 19.1 Å². The van der Waals surface area contributed by atoms with E-state index in [-0.39, 0.29) is 12.1 Å². The summed E-state index contributed by atoms with van der Waals surface area (Å²) >= 11 is 0. The van der Waals surface area contributed by atoms with Crippen LogP contribution in [0.1, 0.15) is 17.3 Å². The number of nitrogens with one attached hydrogen (secondary N) is 2. The van der Waals surface area contributed by atoms with Gasteiger partial charge < -0.3 is 15.4 Å². The Balaban J connectivity index is 2.00. The Hall–Kier alpha value is -3.94. The minimum absolute atomic E-state index is 0.123. The minimum Gasteiger partial charge on any atom is -0.495 e. The Labute approximate surface area is 173 Å². The largest absolute Gasteiger partial charge is 0.495 e. The first-order chi connectivity index (χ1) is 14.5. The van der Waals surface area contributed by atoms with Gasteiger partial charge in [-0.15, -0.1) is 0 Å². The van der Waals surface area contributed by atoms with E-state index in [0.29, 0.717) is 29.4 Å². The van der Waals surface area contributed by atoms with Crippen LogP contribution in [0.2, 0.25) is 0 Å². The first-order valence-corrected chi connectivity index (χ1v) is 9.41. The highest BCUT2D eigenvalue weighted by atomic mass is 16.5. The zero-order chi connectivity index (χ0) is 21.5. The van der Waals surface area contributed by atoms with Gasteiger partial charge in [-0.25, -0.2) is 4.98 Å². The fourth-order valence-corrected chi connectivity index (χ4v) is 2.95. The van der Waals surface area contributed by atoms with Crippen LogP contribution < -0.4 is 20.9 Å². The summed E-state index contributed by atoms with van der Waals surface area (Å²) in [4.78, 5) is 42.3. The van der Waals surface area contributed by atoms with Crippen LogP contribution in [0.25, 0.3) is 11.4 Å². The Bertz CT molecular complexity index is 1110. The number of nitrogens with zero attached hydrogens (tertiary/aromatic N) is 2. The monoisotopic (exact) mass is 406 g/mol. The third-order valence-electron chi connectivity index (χ3n) is 4.34. The number of aromatic nitrogens is 2. The zero-order valence-electron chi connectivity index (χ0n) is 16.7. The molecule has 3 aromatic rings. The summed E-state index contributed by atoms with van der Waals surface area (Å²) in [6.07, 6.45) is 1.24. The molecule has 2 aromatic carbocycles. The standard InChI is InChI=1S/C22H22N4O4/c1-3-23-21(28)16-13-24-20(15-9-5-4-6-10-15)26(22(16)29)14-19(27)25-17-11-7-8-12-18(17)30-2/h4-13H,3,14H2,1-2H3,(H,23,28)(H,25,27). The molecule has 8 nitrogen and oxygen atoms in total. The quantitative estimate of drug-likeness (QED) is 0.627. The topological polar surface area (TPSA) is 102 Å². The number of carbonyl (C=O) groups is 2. The van der Waals surface area contributed by atoms with Crippen LogP contribution in [-0.4, -0.2) is 35.0 Å². The summed E-state index contributed by atoms with van der Waals surface area (Å²) in [7, 11) is 1.50. The van der Waals surface area contributed by atoms with Crippen molar-refractivity contribution in [3.05, 3.63) is 76.7 Å². The van der Waals surface area contributed by atoms with Crippen LogP contribution >= 0.6 is 0 Å². The van der Waals surface area contributed by atoms with Crippen LogP contribution in [0.3, 0.4) is 0 Å². The second-order valence-corrected chi connectivity index (χ2v) is 6.36. The van der Waals surface area contributed by atoms with Gasteiger partial charge in [-0.3, -0.25) is 19.0 Å². The van der Waals surface area contributed by atoms with Crippen LogP contribution in [0, 0.1) is 0 Å². The SMILES string of the molecule is CCNC(=O)c1cnc(-c2ccccc2)n(CC(=O)Nc2ccccc2OC)c1=O. The molecule has 0 saturated heterocycles. The van der Waals surface area contributed by atoms with Crippen molar-refractivity contribution in [3.8, 4) is 17.1 Å². The van der Waals surface area contributed by atoms with Crippen molar-refractivity contribution >= 4 is 17.5 Å². The molecule has 0 fully saturated rings. The third kappa shape index (κ3) is 4.54. The number of hydrogen-bond acceptors (Lipinski definition) is 5. The van der Waals surface area contributed by atoms with E-state index in [9.17, 15) is 14.4 Å². The molecule has 0 saturated carbocycles. The molecule has 2 N–H and O–H groups in total. The number of amides is 2. The second-order valence-electron chi connectivity index (χ2n) is 6.36. The van der Waals surface area contributed by atoms with Crippen LogP contribution in [0.5, 0.6) is 5.75 Å². The number of carbonyl (C=O) groups excluding carboxylic acids is 2. The molecule has 2 amide bonds. The summed E-state index contributed by atoms with van der Waals surface area (Å²) in [5.41, 5.74) is 0.417. The molecule has 30 heavy (non-hydrogen) atoms. The van der Waals surface area contributed by atoms with Crippen molar-refractivity contribution in [1.29, 1.82) is 0 Å². The molecule has 154 valence electrons. The summed E-state index contributed by atoms with van der Waals surface area (Å²) in [5.74, 6) is -0.193. The summed E-state index contributed by atoms with van der Waals surface area (Å²) in [6, 6.07) is 16.0. The van der Waals surface area contributed by atoms with Gasteiger partial charge in [0.05, 0.1) is 12.8 Å². The van der Waals surface area contributed by atoms with E-state index < -0.39 is 17.4 Å². The molecule has 0 atom stereocenters. The zero-order valence-corrected chi connectivity index (χ0v) is 16.7. The molecule has 0 bridgehead atoms. The normalized spacial score (nSPS) is 10.3. The summed E-state index contributed by atoms with van der Waals surface area (Å²) < 4.78 is 6.44. The fourth-order valence-electron chi connectivity index (χ4n) is 2.95. The predicted octanol–water partition coefficient (Wildman–Crippen LogP) is 2.31. The van der Waals surface area contributed by atoms with Gasteiger partial charge in [0.15, 0.2) is 0 Å². The molecule has 1 aromatic heterocycles. The van der Waals surface area contributed by atoms with E-state index in [2.05, 4.69) is 15.6 Å². The van der Waals surface area contributed by atoms with Crippen molar-refractivity contribution in [1.82, 2.24) is 14.9 Å². The fraction of sp³-hybridized carbons (Fsp3) is 0.182. The first kappa shape index (κ1) is 20.8. The van der Waals surface area contributed by atoms with Crippen molar-refractivity contribution in [2.75, 3.05) is 19.0 Å². The molecule has 0 aliphatic rings. The van der Waals surface area contributed by atoms with Gasteiger partial charge in [0.25, 0.3) is 11.5 Å². The van der Waals surface area contributed by atoms with Crippen LogP contribution in [-0.2, 0) is 11.3 Å². The van der Waals surface area contributed by atoms with Gasteiger partial charge in [0.2, 0.25) is 5.91 Å². The lowest BCUT2D eigenvalue weighted by Crippen LogP contribution is -2.36. The van der Waals surface area contributed by atoms with Gasteiger partial charge in [0.1, 0.15) is 23.7 Å². The number of para-hydroxylation sites is 2. The number of ether oxygens (including phenoxy) is 1.